The van der Waals surface area contributed by atoms with Gasteiger partial charge in [-0.3, -0.25) is 0 Å². The molecule has 1 saturated heterocycles. The lowest BCUT2D eigenvalue weighted by Gasteiger charge is -2.32. The number of carbonyl (C=O) groups excluding carboxylic acids is 1. The van der Waals surface area contributed by atoms with Crippen molar-refractivity contribution in [3.8, 4) is 11.8 Å². The highest BCUT2D eigenvalue weighted by molar-refractivity contribution is 6.31. The number of amides is 2. The molecule has 29 heavy (non-hydrogen) atoms. The minimum atomic E-state index is -4.59. The van der Waals surface area contributed by atoms with E-state index in [1.807, 2.05) is 0 Å². The van der Waals surface area contributed by atoms with Gasteiger partial charge in [-0.05, 0) is 37.1 Å². The molecule has 3 rings (SSSR count). The second kappa shape index (κ2) is 8.73. The minimum absolute atomic E-state index is 0.175. The van der Waals surface area contributed by atoms with Crippen LogP contribution >= 0.6 is 11.6 Å². The highest BCUT2D eigenvalue weighted by atomic mass is 35.5. The molecule has 11 heteroatoms. The first-order chi connectivity index (χ1) is 13.8. The van der Waals surface area contributed by atoms with Gasteiger partial charge < -0.3 is 19.7 Å². The van der Waals surface area contributed by atoms with Gasteiger partial charge in [0.25, 0.3) is 0 Å². The summed E-state index contributed by atoms with van der Waals surface area (Å²) >= 11 is 5.97. The fourth-order valence-electron chi connectivity index (χ4n) is 2.90. The average Bonchev–Trinajstić information content (AvgIpc) is 2.68. The summed E-state index contributed by atoms with van der Waals surface area (Å²) in [6.07, 6.45) is -2.95. The fourth-order valence-corrected chi connectivity index (χ4v) is 3.07. The van der Waals surface area contributed by atoms with Crippen LogP contribution in [-0.4, -0.2) is 47.2 Å². The van der Waals surface area contributed by atoms with Gasteiger partial charge >= 0.3 is 18.2 Å². The second-order valence-corrected chi connectivity index (χ2v) is 6.76. The molecule has 1 N–H and O–H groups in total. The van der Waals surface area contributed by atoms with Crippen molar-refractivity contribution >= 4 is 23.3 Å². The number of carbonyl (C=O) groups is 1. The molecule has 156 valence electrons. The average molecular weight is 431 g/mol. The van der Waals surface area contributed by atoms with Crippen LogP contribution in [0.5, 0.6) is 11.8 Å². The fraction of sp³-hybridized carbons (Fsp3) is 0.389. The number of rotatable bonds is 4. The molecule has 2 amide bonds. The van der Waals surface area contributed by atoms with E-state index in [0.717, 1.165) is 12.3 Å². The van der Waals surface area contributed by atoms with Crippen molar-refractivity contribution < 1.29 is 27.4 Å². The van der Waals surface area contributed by atoms with Crippen molar-refractivity contribution in [1.29, 1.82) is 0 Å². The number of likely N-dealkylation sites (tertiary alicyclic amines) is 1. The van der Waals surface area contributed by atoms with Crippen molar-refractivity contribution in [2.75, 3.05) is 25.5 Å². The van der Waals surface area contributed by atoms with E-state index in [-0.39, 0.29) is 12.6 Å². The maximum Gasteiger partial charge on any atom is 0.433 e. The Labute approximate surface area is 169 Å². The monoisotopic (exact) mass is 430 g/mol. The van der Waals surface area contributed by atoms with E-state index in [4.69, 9.17) is 21.1 Å². The van der Waals surface area contributed by atoms with Crippen LogP contribution in [-0.2, 0) is 6.18 Å². The van der Waals surface area contributed by atoms with Crippen molar-refractivity contribution in [3.63, 3.8) is 0 Å². The Kier molecular flexibility index (Phi) is 6.31. The standard InChI is InChI=1S/C18H18ClF3N4O3/c1-28-14-5-4-11(19)9-13(14)24-17(27)26-8-2-3-12(10-26)29-16-23-7-6-15(25-16)18(20,21)22/h4-7,9,12H,2-3,8,10H2,1H3,(H,24,27). The highest BCUT2D eigenvalue weighted by Gasteiger charge is 2.33. The van der Waals surface area contributed by atoms with E-state index in [2.05, 4.69) is 15.3 Å². The van der Waals surface area contributed by atoms with E-state index >= 15 is 0 Å². The number of aromatic nitrogens is 2. The molecule has 1 aromatic heterocycles. The number of halogens is 4. The third-order valence-electron chi connectivity index (χ3n) is 4.26. The van der Waals surface area contributed by atoms with Gasteiger partial charge in [-0.25, -0.2) is 9.78 Å². The van der Waals surface area contributed by atoms with Gasteiger partial charge in [0, 0.05) is 17.8 Å². The summed E-state index contributed by atoms with van der Waals surface area (Å²) in [5, 5.41) is 3.16. The number of piperidine rings is 1. The van der Waals surface area contributed by atoms with Crippen LogP contribution in [0, 0.1) is 0 Å². The number of hydrogen-bond acceptors (Lipinski definition) is 5. The SMILES string of the molecule is COc1ccc(Cl)cc1NC(=O)N1CCCC(Oc2nccc(C(F)(F)F)n2)C1. The number of urea groups is 1. The third-order valence-corrected chi connectivity index (χ3v) is 4.50. The van der Waals surface area contributed by atoms with Gasteiger partial charge in [-0.2, -0.15) is 18.2 Å². The summed E-state index contributed by atoms with van der Waals surface area (Å²) in [7, 11) is 1.47. The number of methoxy groups -OCH3 is 1. The van der Waals surface area contributed by atoms with Crippen molar-refractivity contribution in [1.82, 2.24) is 14.9 Å². The van der Waals surface area contributed by atoms with Crippen molar-refractivity contribution in [2.45, 2.75) is 25.1 Å². The Balaban J connectivity index is 1.65. The quantitative estimate of drug-likeness (QED) is 0.785. The topological polar surface area (TPSA) is 76.6 Å². The zero-order chi connectivity index (χ0) is 21.0. The molecule has 0 aliphatic carbocycles. The van der Waals surface area contributed by atoms with Crippen LogP contribution in [0.4, 0.5) is 23.7 Å². The Hall–Kier alpha value is -2.75. The van der Waals surface area contributed by atoms with Crippen LogP contribution in [0.25, 0.3) is 0 Å². The molecule has 1 aliphatic heterocycles. The lowest BCUT2D eigenvalue weighted by atomic mass is 10.1. The maximum absolute atomic E-state index is 12.8. The first-order valence-electron chi connectivity index (χ1n) is 8.72. The lowest BCUT2D eigenvalue weighted by molar-refractivity contribution is -0.141. The summed E-state index contributed by atoms with van der Waals surface area (Å²) in [6.45, 7) is 0.645. The number of hydrogen-bond donors (Lipinski definition) is 1. The van der Waals surface area contributed by atoms with Crippen LogP contribution in [0.1, 0.15) is 18.5 Å². The molecule has 1 aliphatic rings. The van der Waals surface area contributed by atoms with Gasteiger partial charge in [0.2, 0.25) is 0 Å². The molecule has 2 heterocycles. The summed E-state index contributed by atoms with van der Waals surface area (Å²) in [4.78, 5) is 21.2. The molecular formula is C18H18ClF3N4O3. The molecule has 7 nitrogen and oxygen atoms in total. The van der Waals surface area contributed by atoms with Crippen LogP contribution in [0.3, 0.4) is 0 Å². The van der Waals surface area contributed by atoms with E-state index < -0.39 is 24.0 Å². The number of nitrogens with zero attached hydrogens (tertiary/aromatic N) is 3. The number of benzene rings is 1. The molecule has 1 atom stereocenters. The Morgan fingerprint density at radius 2 is 2.14 bits per heavy atom. The summed E-state index contributed by atoms with van der Waals surface area (Å²) in [5.74, 6) is 0.449. The number of ether oxygens (including phenoxy) is 2. The smallest absolute Gasteiger partial charge is 0.433 e. The van der Waals surface area contributed by atoms with E-state index in [9.17, 15) is 18.0 Å². The minimum Gasteiger partial charge on any atom is -0.495 e. The number of nitrogens with one attached hydrogen (secondary N) is 1. The third kappa shape index (κ3) is 5.41. The molecule has 0 saturated carbocycles. The van der Waals surface area contributed by atoms with Gasteiger partial charge in [0.15, 0.2) is 5.69 Å². The van der Waals surface area contributed by atoms with Crippen LogP contribution in [0.2, 0.25) is 5.02 Å². The molecule has 0 spiro atoms. The van der Waals surface area contributed by atoms with Crippen molar-refractivity contribution in [2.24, 2.45) is 0 Å². The first kappa shape index (κ1) is 21.0. The molecule has 0 radical (unpaired) electrons. The highest BCUT2D eigenvalue weighted by Crippen LogP contribution is 2.29. The molecule has 1 aromatic carbocycles. The predicted molar refractivity (Wildman–Crippen MR) is 99.3 cm³/mol. The normalized spacial score (nSPS) is 17.0. The Morgan fingerprint density at radius 3 is 2.86 bits per heavy atom. The van der Waals surface area contributed by atoms with Gasteiger partial charge in [-0.1, -0.05) is 11.6 Å². The zero-order valence-electron chi connectivity index (χ0n) is 15.4. The number of anilines is 1. The maximum atomic E-state index is 12.8. The Morgan fingerprint density at radius 1 is 1.34 bits per heavy atom. The lowest BCUT2D eigenvalue weighted by Crippen LogP contribution is -2.46. The van der Waals surface area contributed by atoms with Gasteiger partial charge in [0.05, 0.1) is 19.3 Å². The van der Waals surface area contributed by atoms with Gasteiger partial charge in [0.1, 0.15) is 11.9 Å². The predicted octanol–water partition coefficient (Wildman–Crippen LogP) is 4.23. The van der Waals surface area contributed by atoms with Crippen LogP contribution < -0.4 is 14.8 Å². The molecule has 0 bridgehead atoms. The molecular weight excluding hydrogens is 413 g/mol. The molecule has 1 unspecified atom stereocenters. The summed E-state index contributed by atoms with van der Waals surface area (Å²) in [6, 6.07) is 4.83. The second-order valence-electron chi connectivity index (χ2n) is 6.33. The van der Waals surface area contributed by atoms with E-state index in [1.165, 1.54) is 12.0 Å². The zero-order valence-corrected chi connectivity index (χ0v) is 16.1. The van der Waals surface area contributed by atoms with E-state index in [0.29, 0.717) is 35.8 Å². The first-order valence-corrected chi connectivity index (χ1v) is 9.10. The summed E-state index contributed by atoms with van der Waals surface area (Å²) in [5.41, 5.74) is -0.671. The summed E-state index contributed by atoms with van der Waals surface area (Å²) < 4.78 is 49.1. The molecule has 2 aromatic rings. The van der Waals surface area contributed by atoms with E-state index in [1.54, 1.807) is 18.2 Å². The Bertz CT molecular complexity index is 882. The largest absolute Gasteiger partial charge is 0.495 e. The van der Waals surface area contributed by atoms with Crippen LogP contribution in [0.15, 0.2) is 30.5 Å². The number of alkyl halides is 3. The van der Waals surface area contributed by atoms with Crippen molar-refractivity contribution in [3.05, 3.63) is 41.2 Å². The molecule has 1 fully saturated rings. The van der Waals surface area contributed by atoms with Gasteiger partial charge in [-0.15, -0.1) is 0 Å².